The molecule has 0 spiro atoms. The third kappa shape index (κ3) is 3.00. The van der Waals surface area contributed by atoms with E-state index < -0.39 is 0 Å². The number of hydrogen-bond donors (Lipinski definition) is 1. The van der Waals surface area contributed by atoms with Crippen molar-refractivity contribution in [2.24, 2.45) is 0 Å². The Kier molecular flexibility index (Phi) is 4.07. The average Bonchev–Trinajstić information content (AvgIpc) is 2.73. The first-order valence-corrected chi connectivity index (χ1v) is 6.72. The van der Waals surface area contributed by atoms with Crippen LogP contribution in [-0.4, -0.2) is 48.1 Å². The standard InChI is InChI=1S/C13H19BrN2O/c1-15(2)11-6-7-16(9-11)8-10-4-3-5-12(14)13(10)17/h3-5,11,17H,6-9H2,1-2H3. The van der Waals surface area contributed by atoms with Gasteiger partial charge in [-0.3, -0.25) is 4.90 Å². The van der Waals surface area contributed by atoms with Crippen molar-refractivity contribution >= 4 is 15.9 Å². The minimum absolute atomic E-state index is 0.376. The molecule has 94 valence electrons. The number of phenolic OH excluding ortho intramolecular Hbond substituents is 1. The van der Waals surface area contributed by atoms with Crippen LogP contribution in [0.25, 0.3) is 0 Å². The molecular weight excluding hydrogens is 280 g/mol. The van der Waals surface area contributed by atoms with Gasteiger partial charge >= 0.3 is 0 Å². The van der Waals surface area contributed by atoms with E-state index in [1.807, 2.05) is 18.2 Å². The molecule has 1 atom stereocenters. The van der Waals surface area contributed by atoms with Gasteiger partial charge in [-0.2, -0.15) is 0 Å². The van der Waals surface area contributed by atoms with Crippen molar-refractivity contribution in [3.05, 3.63) is 28.2 Å². The van der Waals surface area contributed by atoms with Crippen molar-refractivity contribution in [1.82, 2.24) is 9.80 Å². The Morgan fingerprint density at radius 1 is 1.47 bits per heavy atom. The second-order valence-corrected chi connectivity index (χ2v) is 5.74. The van der Waals surface area contributed by atoms with Gasteiger partial charge < -0.3 is 10.0 Å². The van der Waals surface area contributed by atoms with Gasteiger partial charge in [-0.15, -0.1) is 0 Å². The fourth-order valence-electron chi connectivity index (χ4n) is 2.31. The molecule has 3 nitrogen and oxygen atoms in total. The average molecular weight is 299 g/mol. The summed E-state index contributed by atoms with van der Waals surface area (Å²) in [5, 5.41) is 9.95. The number of likely N-dealkylation sites (tertiary alicyclic amines) is 1. The number of hydrogen-bond acceptors (Lipinski definition) is 3. The summed E-state index contributed by atoms with van der Waals surface area (Å²) in [5.41, 5.74) is 0.999. The Bertz CT molecular complexity index is 395. The minimum Gasteiger partial charge on any atom is -0.506 e. The predicted molar refractivity (Wildman–Crippen MR) is 73.2 cm³/mol. The van der Waals surface area contributed by atoms with Crippen LogP contribution in [0.15, 0.2) is 22.7 Å². The number of halogens is 1. The lowest BCUT2D eigenvalue weighted by Crippen LogP contribution is -2.31. The third-order valence-corrected chi connectivity index (χ3v) is 4.08. The molecule has 0 saturated carbocycles. The van der Waals surface area contributed by atoms with Gasteiger partial charge in [-0.1, -0.05) is 12.1 Å². The van der Waals surface area contributed by atoms with Crippen LogP contribution in [0, 0.1) is 0 Å². The van der Waals surface area contributed by atoms with Crippen molar-refractivity contribution in [3.8, 4) is 5.75 Å². The van der Waals surface area contributed by atoms with Crippen LogP contribution >= 0.6 is 15.9 Å². The normalized spacial score (nSPS) is 21.3. The molecular formula is C13H19BrN2O. The quantitative estimate of drug-likeness (QED) is 0.927. The number of benzene rings is 1. The number of aromatic hydroxyl groups is 1. The molecule has 1 aliphatic rings. The zero-order valence-electron chi connectivity index (χ0n) is 10.4. The summed E-state index contributed by atoms with van der Waals surface area (Å²) in [6.45, 7) is 3.02. The zero-order chi connectivity index (χ0) is 12.4. The fourth-order valence-corrected chi connectivity index (χ4v) is 2.71. The highest BCUT2D eigenvalue weighted by Crippen LogP contribution is 2.29. The van der Waals surface area contributed by atoms with E-state index >= 15 is 0 Å². The fraction of sp³-hybridized carbons (Fsp3) is 0.538. The minimum atomic E-state index is 0.376. The zero-order valence-corrected chi connectivity index (χ0v) is 11.9. The Morgan fingerprint density at radius 3 is 2.88 bits per heavy atom. The first kappa shape index (κ1) is 12.9. The number of rotatable bonds is 3. The van der Waals surface area contributed by atoms with E-state index in [9.17, 15) is 5.11 Å². The molecule has 1 heterocycles. The van der Waals surface area contributed by atoms with Crippen molar-refractivity contribution in [1.29, 1.82) is 0 Å². The molecule has 1 aromatic rings. The highest BCUT2D eigenvalue weighted by atomic mass is 79.9. The summed E-state index contributed by atoms with van der Waals surface area (Å²) in [6, 6.07) is 6.47. The molecule has 0 amide bonds. The van der Waals surface area contributed by atoms with E-state index in [4.69, 9.17) is 0 Å². The molecule has 1 aromatic carbocycles. The van der Waals surface area contributed by atoms with E-state index in [1.54, 1.807) is 0 Å². The molecule has 1 unspecified atom stereocenters. The molecule has 1 N–H and O–H groups in total. The topological polar surface area (TPSA) is 26.7 Å². The van der Waals surface area contributed by atoms with Crippen molar-refractivity contribution in [2.45, 2.75) is 19.0 Å². The lowest BCUT2D eigenvalue weighted by molar-refractivity contribution is 0.262. The summed E-state index contributed by atoms with van der Waals surface area (Å²) < 4.78 is 0.776. The summed E-state index contributed by atoms with van der Waals surface area (Å²) in [6.07, 6.45) is 1.21. The van der Waals surface area contributed by atoms with E-state index in [0.29, 0.717) is 11.8 Å². The highest BCUT2D eigenvalue weighted by molar-refractivity contribution is 9.10. The Labute approximate surface area is 111 Å². The second-order valence-electron chi connectivity index (χ2n) is 4.89. The molecule has 1 aliphatic heterocycles. The lowest BCUT2D eigenvalue weighted by Gasteiger charge is -2.20. The third-order valence-electron chi connectivity index (χ3n) is 3.44. The molecule has 0 aliphatic carbocycles. The van der Waals surface area contributed by atoms with Crippen LogP contribution in [0.5, 0.6) is 5.75 Å². The molecule has 1 fully saturated rings. The van der Waals surface area contributed by atoms with Gasteiger partial charge in [0.25, 0.3) is 0 Å². The predicted octanol–water partition coefficient (Wildman–Crippen LogP) is 2.29. The summed E-state index contributed by atoms with van der Waals surface area (Å²) in [5.74, 6) is 0.376. The van der Waals surface area contributed by atoms with Crippen LogP contribution in [0.3, 0.4) is 0 Å². The van der Waals surface area contributed by atoms with Crippen molar-refractivity contribution in [2.75, 3.05) is 27.2 Å². The SMILES string of the molecule is CN(C)C1CCN(Cc2cccc(Br)c2O)C1. The van der Waals surface area contributed by atoms with Crippen molar-refractivity contribution < 1.29 is 5.11 Å². The maximum atomic E-state index is 9.95. The number of phenols is 1. The number of para-hydroxylation sites is 1. The smallest absolute Gasteiger partial charge is 0.134 e. The van der Waals surface area contributed by atoms with E-state index in [0.717, 1.165) is 29.7 Å². The Morgan fingerprint density at radius 2 is 2.24 bits per heavy atom. The van der Waals surface area contributed by atoms with Crippen LogP contribution in [0.2, 0.25) is 0 Å². The Hall–Kier alpha value is -0.580. The summed E-state index contributed by atoms with van der Waals surface area (Å²) in [4.78, 5) is 4.67. The van der Waals surface area contributed by atoms with Gasteiger partial charge in [0, 0.05) is 31.2 Å². The van der Waals surface area contributed by atoms with Gasteiger partial charge in [0.2, 0.25) is 0 Å². The van der Waals surface area contributed by atoms with Gasteiger partial charge in [0.1, 0.15) is 5.75 Å². The van der Waals surface area contributed by atoms with Crippen molar-refractivity contribution in [3.63, 3.8) is 0 Å². The molecule has 0 bridgehead atoms. The number of likely N-dealkylation sites (N-methyl/N-ethyl adjacent to an activating group) is 1. The van der Waals surface area contributed by atoms with Gasteiger partial charge in [-0.25, -0.2) is 0 Å². The van der Waals surface area contributed by atoms with E-state index in [2.05, 4.69) is 39.8 Å². The summed E-state index contributed by atoms with van der Waals surface area (Å²) >= 11 is 3.35. The first-order chi connectivity index (χ1) is 8.08. The maximum Gasteiger partial charge on any atom is 0.134 e. The van der Waals surface area contributed by atoms with Crippen LogP contribution in [0.1, 0.15) is 12.0 Å². The Balaban J connectivity index is 2.00. The molecule has 0 aromatic heterocycles. The lowest BCUT2D eigenvalue weighted by atomic mass is 10.2. The molecule has 4 heteroatoms. The molecule has 0 radical (unpaired) electrons. The van der Waals surface area contributed by atoms with Crippen LogP contribution in [-0.2, 0) is 6.54 Å². The number of nitrogens with zero attached hydrogens (tertiary/aromatic N) is 2. The highest BCUT2D eigenvalue weighted by Gasteiger charge is 2.24. The van der Waals surface area contributed by atoms with Gasteiger partial charge in [0.15, 0.2) is 0 Å². The summed E-state index contributed by atoms with van der Waals surface area (Å²) in [7, 11) is 4.26. The van der Waals surface area contributed by atoms with E-state index in [1.165, 1.54) is 6.42 Å². The first-order valence-electron chi connectivity index (χ1n) is 5.93. The monoisotopic (exact) mass is 298 g/mol. The van der Waals surface area contributed by atoms with Gasteiger partial charge in [-0.05, 0) is 42.5 Å². The van der Waals surface area contributed by atoms with Crippen LogP contribution < -0.4 is 0 Å². The van der Waals surface area contributed by atoms with E-state index in [-0.39, 0.29) is 0 Å². The molecule has 17 heavy (non-hydrogen) atoms. The second kappa shape index (κ2) is 5.38. The van der Waals surface area contributed by atoms with Crippen LogP contribution in [0.4, 0.5) is 0 Å². The molecule has 1 saturated heterocycles. The molecule has 2 rings (SSSR count). The largest absolute Gasteiger partial charge is 0.506 e. The maximum absolute atomic E-state index is 9.95. The van der Waals surface area contributed by atoms with Gasteiger partial charge in [0.05, 0.1) is 4.47 Å².